The maximum Gasteiger partial charge on any atom is 0.271 e. The Morgan fingerprint density at radius 3 is 2.34 bits per heavy atom. The van der Waals surface area contributed by atoms with Crippen LogP contribution >= 0.6 is 0 Å². The highest BCUT2D eigenvalue weighted by Crippen LogP contribution is 2.25. The van der Waals surface area contributed by atoms with Crippen LogP contribution in [0.2, 0.25) is 0 Å². The molecule has 0 atom stereocenters. The molecule has 5 heteroatoms. The van der Waals surface area contributed by atoms with Crippen molar-refractivity contribution in [3.63, 3.8) is 0 Å². The summed E-state index contributed by atoms with van der Waals surface area (Å²) >= 11 is 0. The van der Waals surface area contributed by atoms with Crippen LogP contribution in [0.15, 0.2) is 65.8 Å². The van der Waals surface area contributed by atoms with Crippen LogP contribution in [-0.2, 0) is 4.79 Å². The van der Waals surface area contributed by atoms with Crippen molar-refractivity contribution in [2.45, 2.75) is 39.0 Å². The summed E-state index contributed by atoms with van der Waals surface area (Å²) in [5.41, 5.74) is 5.52. The average Bonchev–Trinajstić information content (AvgIpc) is 2.78. The van der Waals surface area contributed by atoms with Crippen molar-refractivity contribution < 1.29 is 9.59 Å². The molecule has 0 spiro atoms. The van der Waals surface area contributed by atoms with E-state index < -0.39 is 0 Å². The second-order valence-corrected chi connectivity index (χ2v) is 7.34. The Morgan fingerprint density at radius 1 is 0.966 bits per heavy atom. The second-order valence-electron chi connectivity index (χ2n) is 7.34. The number of amides is 2. The van der Waals surface area contributed by atoms with E-state index in [1.54, 1.807) is 24.3 Å². The summed E-state index contributed by atoms with van der Waals surface area (Å²) in [5, 5.41) is 7.06. The Morgan fingerprint density at radius 2 is 1.66 bits per heavy atom. The molecule has 0 heterocycles. The Kier molecular flexibility index (Phi) is 7.34. The molecule has 0 radical (unpaired) electrons. The number of nitrogens with zero attached hydrogens (tertiary/aromatic N) is 1. The molecule has 1 saturated carbocycles. The molecule has 3 rings (SSSR count). The van der Waals surface area contributed by atoms with Gasteiger partial charge in [0.15, 0.2) is 0 Å². The van der Waals surface area contributed by atoms with Gasteiger partial charge in [-0.05, 0) is 55.7 Å². The lowest BCUT2D eigenvalue weighted by Crippen LogP contribution is -2.24. The van der Waals surface area contributed by atoms with Crippen molar-refractivity contribution in [1.29, 1.82) is 0 Å². The van der Waals surface area contributed by atoms with Crippen molar-refractivity contribution in [3.05, 3.63) is 71.8 Å². The largest absolute Gasteiger partial charge is 0.326 e. The highest BCUT2D eigenvalue weighted by Gasteiger charge is 2.21. The number of carbonyl (C=O) groups excluding carboxylic acids is 2. The zero-order valence-corrected chi connectivity index (χ0v) is 16.7. The van der Waals surface area contributed by atoms with Crippen LogP contribution in [0.25, 0.3) is 6.08 Å². The minimum Gasteiger partial charge on any atom is -0.326 e. The average molecular weight is 389 g/mol. The molecule has 0 aromatic heterocycles. The summed E-state index contributed by atoms with van der Waals surface area (Å²) in [5.74, 6) is -0.108. The summed E-state index contributed by atoms with van der Waals surface area (Å²) in [6.45, 7) is 1.82. The van der Waals surface area contributed by atoms with Crippen molar-refractivity contribution in [2.75, 3.05) is 5.32 Å². The number of hydrogen-bond acceptors (Lipinski definition) is 3. The number of allylic oxidation sites excluding steroid dienone is 1. The predicted molar refractivity (Wildman–Crippen MR) is 118 cm³/mol. The molecule has 29 heavy (non-hydrogen) atoms. The number of rotatable bonds is 6. The molecule has 1 aliphatic rings. The molecule has 2 aromatic carbocycles. The third-order valence-electron chi connectivity index (χ3n) is 5.04. The summed E-state index contributed by atoms with van der Waals surface area (Å²) in [4.78, 5) is 24.6. The van der Waals surface area contributed by atoms with Crippen LogP contribution < -0.4 is 10.7 Å². The zero-order valence-electron chi connectivity index (χ0n) is 16.7. The fourth-order valence-corrected chi connectivity index (χ4v) is 3.34. The van der Waals surface area contributed by atoms with E-state index in [1.807, 2.05) is 49.4 Å². The highest BCUT2D eigenvalue weighted by atomic mass is 16.2. The topological polar surface area (TPSA) is 70.6 Å². The zero-order chi connectivity index (χ0) is 20.5. The fourth-order valence-electron chi connectivity index (χ4n) is 3.34. The van der Waals surface area contributed by atoms with Gasteiger partial charge >= 0.3 is 0 Å². The van der Waals surface area contributed by atoms with Crippen LogP contribution in [0, 0.1) is 5.92 Å². The molecule has 0 aliphatic heterocycles. The van der Waals surface area contributed by atoms with E-state index in [1.165, 1.54) is 6.42 Å². The van der Waals surface area contributed by atoms with Gasteiger partial charge in [0.1, 0.15) is 0 Å². The van der Waals surface area contributed by atoms with Gasteiger partial charge in [-0.15, -0.1) is 0 Å². The summed E-state index contributed by atoms with van der Waals surface area (Å²) in [6, 6.07) is 16.8. The molecule has 2 aromatic rings. The number of anilines is 1. The van der Waals surface area contributed by atoms with Crippen LogP contribution in [-0.4, -0.2) is 17.5 Å². The Balaban J connectivity index is 1.51. The summed E-state index contributed by atoms with van der Waals surface area (Å²) in [7, 11) is 0. The Labute approximate surface area is 171 Å². The molecule has 1 aliphatic carbocycles. The lowest BCUT2D eigenvalue weighted by atomic mass is 9.88. The smallest absolute Gasteiger partial charge is 0.271 e. The van der Waals surface area contributed by atoms with E-state index in [0.717, 1.165) is 31.2 Å². The lowest BCUT2D eigenvalue weighted by molar-refractivity contribution is -0.120. The van der Waals surface area contributed by atoms with Gasteiger partial charge in [0.05, 0.1) is 5.71 Å². The van der Waals surface area contributed by atoms with Crippen molar-refractivity contribution in [2.24, 2.45) is 11.0 Å². The van der Waals surface area contributed by atoms with E-state index >= 15 is 0 Å². The standard InChI is InChI=1S/C24H27N3O2/c1-18(12-13-19-8-4-2-5-9-19)26-27-24(29)21-14-16-22(17-15-21)25-23(28)20-10-6-3-7-11-20/h2,4-5,8-9,12-17,20H,3,6-7,10-11H2,1H3,(H,25,28)(H,27,29). The van der Waals surface area contributed by atoms with Gasteiger partial charge in [-0.25, -0.2) is 5.43 Å². The van der Waals surface area contributed by atoms with E-state index in [-0.39, 0.29) is 17.7 Å². The molecule has 150 valence electrons. The number of nitrogens with one attached hydrogen (secondary N) is 2. The maximum absolute atomic E-state index is 12.3. The van der Waals surface area contributed by atoms with Gasteiger partial charge in [-0.3, -0.25) is 9.59 Å². The molecular weight excluding hydrogens is 362 g/mol. The monoisotopic (exact) mass is 389 g/mol. The van der Waals surface area contributed by atoms with E-state index in [2.05, 4.69) is 15.8 Å². The molecule has 5 nitrogen and oxygen atoms in total. The summed E-state index contributed by atoms with van der Waals surface area (Å²) in [6.07, 6.45) is 9.17. The third kappa shape index (κ3) is 6.42. The number of hydrogen-bond donors (Lipinski definition) is 2. The second kappa shape index (κ2) is 10.4. The molecule has 2 N–H and O–H groups in total. The molecular formula is C24H27N3O2. The molecule has 0 saturated heterocycles. The van der Waals surface area contributed by atoms with Crippen molar-refractivity contribution >= 4 is 29.3 Å². The van der Waals surface area contributed by atoms with Crippen LogP contribution in [0.4, 0.5) is 5.69 Å². The van der Waals surface area contributed by atoms with Crippen LogP contribution in [0.1, 0.15) is 54.9 Å². The van der Waals surface area contributed by atoms with Gasteiger partial charge < -0.3 is 5.32 Å². The van der Waals surface area contributed by atoms with E-state index in [0.29, 0.717) is 17.0 Å². The summed E-state index contributed by atoms with van der Waals surface area (Å²) < 4.78 is 0. The number of hydrazone groups is 1. The van der Waals surface area contributed by atoms with E-state index in [9.17, 15) is 9.59 Å². The van der Waals surface area contributed by atoms with Crippen LogP contribution in [0.5, 0.6) is 0 Å². The normalized spacial score (nSPS) is 15.3. The first-order valence-electron chi connectivity index (χ1n) is 10.1. The minimum absolute atomic E-state index is 0.0762. The minimum atomic E-state index is -0.289. The van der Waals surface area contributed by atoms with Gasteiger partial charge in [0, 0.05) is 17.2 Å². The first kappa shape index (κ1) is 20.5. The Hall–Kier alpha value is -3.21. The van der Waals surface area contributed by atoms with Crippen molar-refractivity contribution in [1.82, 2.24) is 5.43 Å². The lowest BCUT2D eigenvalue weighted by Gasteiger charge is -2.20. The van der Waals surface area contributed by atoms with Gasteiger partial charge in [-0.1, -0.05) is 55.7 Å². The first-order valence-corrected chi connectivity index (χ1v) is 10.1. The Bertz CT molecular complexity index is 880. The highest BCUT2D eigenvalue weighted by molar-refractivity contribution is 5.99. The van der Waals surface area contributed by atoms with Crippen LogP contribution in [0.3, 0.4) is 0 Å². The molecule has 2 amide bonds. The number of benzene rings is 2. The van der Waals surface area contributed by atoms with Crippen molar-refractivity contribution in [3.8, 4) is 0 Å². The van der Waals surface area contributed by atoms with E-state index in [4.69, 9.17) is 0 Å². The third-order valence-corrected chi connectivity index (χ3v) is 5.04. The van der Waals surface area contributed by atoms with Gasteiger partial charge in [0.2, 0.25) is 5.91 Å². The van der Waals surface area contributed by atoms with Gasteiger partial charge in [-0.2, -0.15) is 5.10 Å². The molecule has 1 fully saturated rings. The fraction of sp³-hybridized carbons (Fsp3) is 0.292. The number of carbonyl (C=O) groups is 2. The molecule has 0 bridgehead atoms. The quantitative estimate of drug-likeness (QED) is 0.538. The maximum atomic E-state index is 12.3. The first-order chi connectivity index (χ1) is 14.1. The van der Waals surface area contributed by atoms with Gasteiger partial charge in [0.25, 0.3) is 5.91 Å². The molecule has 0 unspecified atom stereocenters. The predicted octanol–water partition coefficient (Wildman–Crippen LogP) is 5.02. The SMILES string of the molecule is CC(C=Cc1ccccc1)=NNC(=O)c1ccc(NC(=O)C2CCCCC2)cc1.